The lowest BCUT2D eigenvalue weighted by atomic mass is 10.2. The Bertz CT molecular complexity index is 412. The van der Waals surface area contributed by atoms with E-state index in [1.54, 1.807) is 6.07 Å². The fourth-order valence-corrected chi connectivity index (χ4v) is 2.36. The molecule has 0 radical (unpaired) electrons. The van der Waals surface area contributed by atoms with Crippen molar-refractivity contribution in [1.29, 1.82) is 0 Å². The van der Waals surface area contributed by atoms with Crippen molar-refractivity contribution in [3.8, 4) is 0 Å². The number of carbonyl (C=O) groups is 2. The minimum atomic E-state index is -0.0765. The number of hydrogen-bond acceptors (Lipinski definition) is 4. The number of thiophene rings is 1. The Labute approximate surface area is 136 Å². The minimum absolute atomic E-state index is 0. The van der Waals surface area contributed by atoms with Gasteiger partial charge in [0.1, 0.15) is 0 Å². The summed E-state index contributed by atoms with van der Waals surface area (Å²) in [6.45, 7) is 6.11. The highest BCUT2D eigenvalue weighted by atomic mass is 35.5. The summed E-state index contributed by atoms with van der Waals surface area (Å²) in [5.41, 5.74) is 0.680. The molecule has 21 heavy (non-hydrogen) atoms. The zero-order chi connectivity index (χ0) is 14.8. The third-order valence-corrected chi connectivity index (χ3v) is 3.49. The van der Waals surface area contributed by atoms with Gasteiger partial charge in [-0.05, 0) is 31.3 Å². The molecule has 0 saturated heterocycles. The Balaban J connectivity index is 0.00000400. The molecule has 0 aliphatic rings. The van der Waals surface area contributed by atoms with E-state index < -0.39 is 0 Å². The summed E-state index contributed by atoms with van der Waals surface area (Å²) in [5, 5.41) is 12.6. The van der Waals surface area contributed by atoms with Gasteiger partial charge in [-0.15, -0.1) is 12.4 Å². The van der Waals surface area contributed by atoms with E-state index in [0.29, 0.717) is 31.5 Å². The standard InChI is InChI=1S/C14H23N3O2S.ClH/c1-3-15-11(2)9-17-13(18)5-4-7-16-14(19)12-6-8-20-10-12;/h6,8,10-11,15H,3-5,7,9H2,1-2H3,(H,16,19)(H,17,18);1H/t11-;/m1./s1. The number of likely N-dealkylation sites (N-methyl/N-ethyl adjacent to an activating group) is 1. The topological polar surface area (TPSA) is 70.2 Å². The van der Waals surface area contributed by atoms with Crippen LogP contribution in [0.1, 0.15) is 37.0 Å². The van der Waals surface area contributed by atoms with Crippen molar-refractivity contribution in [2.24, 2.45) is 0 Å². The second-order valence-corrected chi connectivity index (χ2v) is 5.41. The first-order valence-corrected chi connectivity index (χ1v) is 7.88. The van der Waals surface area contributed by atoms with Crippen molar-refractivity contribution in [2.75, 3.05) is 19.6 Å². The lowest BCUT2D eigenvalue weighted by molar-refractivity contribution is -0.121. The lowest BCUT2D eigenvalue weighted by Crippen LogP contribution is -2.39. The number of hydrogen-bond donors (Lipinski definition) is 3. The molecule has 1 aromatic rings. The summed E-state index contributed by atoms with van der Waals surface area (Å²) >= 11 is 1.49. The zero-order valence-electron chi connectivity index (χ0n) is 12.5. The van der Waals surface area contributed by atoms with E-state index in [2.05, 4.69) is 16.0 Å². The van der Waals surface area contributed by atoms with Gasteiger partial charge < -0.3 is 16.0 Å². The first-order valence-electron chi connectivity index (χ1n) is 6.94. The average Bonchev–Trinajstić information content (AvgIpc) is 2.95. The third-order valence-electron chi connectivity index (χ3n) is 2.81. The van der Waals surface area contributed by atoms with Crippen LogP contribution >= 0.6 is 23.7 Å². The molecule has 3 N–H and O–H groups in total. The molecule has 0 fully saturated rings. The molecule has 1 heterocycles. The van der Waals surface area contributed by atoms with Gasteiger partial charge in [-0.2, -0.15) is 11.3 Å². The monoisotopic (exact) mass is 333 g/mol. The Morgan fingerprint density at radius 3 is 2.71 bits per heavy atom. The number of halogens is 1. The van der Waals surface area contributed by atoms with Crippen LogP contribution in [0, 0.1) is 0 Å². The summed E-state index contributed by atoms with van der Waals surface area (Å²) in [5.74, 6) is -0.0491. The molecule has 1 rings (SSSR count). The van der Waals surface area contributed by atoms with Crippen molar-refractivity contribution in [1.82, 2.24) is 16.0 Å². The molecule has 7 heteroatoms. The smallest absolute Gasteiger partial charge is 0.252 e. The van der Waals surface area contributed by atoms with Gasteiger partial charge in [0.05, 0.1) is 0 Å². The third kappa shape index (κ3) is 8.70. The van der Waals surface area contributed by atoms with Gasteiger partial charge in [0.2, 0.25) is 5.91 Å². The zero-order valence-corrected chi connectivity index (χ0v) is 14.1. The molecular formula is C14H24ClN3O2S. The second kappa shape index (κ2) is 11.5. The van der Waals surface area contributed by atoms with Crippen LogP contribution in [-0.2, 0) is 4.79 Å². The minimum Gasteiger partial charge on any atom is -0.355 e. The van der Waals surface area contributed by atoms with E-state index in [0.717, 1.165) is 6.54 Å². The largest absolute Gasteiger partial charge is 0.355 e. The molecule has 0 bridgehead atoms. The summed E-state index contributed by atoms with van der Waals surface area (Å²) in [6, 6.07) is 2.07. The van der Waals surface area contributed by atoms with Gasteiger partial charge in [0.25, 0.3) is 5.91 Å². The summed E-state index contributed by atoms with van der Waals surface area (Å²) in [4.78, 5) is 23.2. The maximum Gasteiger partial charge on any atom is 0.252 e. The van der Waals surface area contributed by atoms with E-state index in [1.807, 2.05) is 24.6 Å². The Morgan fingerprint density at radius 2 is 2.10 bits per heavy atom. The predicted molar refractivity (Wildman–Crippen MR) is 89.3 cm³/mol. The number of rotatable bonds is 9. The Morgan fingerprint density at radius 1 is 1.33 bits per heavy atom. The van der Waals surface area contributed by atoms with Crippen molar-refractivity contribution in [3.63, 3.8) is 0 Å². The SMILES string of the molecule is CCN[C@H](C)CNC(=O)CCCNC(=O)c1ccsc1.Cl. The first-order chi connectivity index (χ1) is 9.63. The van der Waals surface area contributed by atoms with Crippen molar-refractivity contribution in [2.45, 2.75) is 32.7 Å². The summed E-state index contributed by atoms with van der Waals surface area (Å²) in [7, 11) is 0. The molecule has 0 aromatic carbocycles. The van der Waals surface area contributed by atoms with Gasteiger partial charge in [0.15, 0.2) is 0 Å². The van der Waals surface area contributed by atoms with Gasteiger partial charge in [-0.25, -0.2) is 0 Å². The van der Waals surface area contributed by atoms with Crippen molar-refractivity contribution < 1.29 is 9.59 Å². The molecule has 0 aliphatic carbocycles. The molecular weight excluding hydrogens is 310 g/mol. The van der Waals surface area contributed by atoms with Gasteiger partial charge in [-0.3, -0.25) is 9.59 Å². The molecule has 2 amide bonds. The van der Waals surface area contributed by atoms with Crippen molar-refractivity contribution in [3.05, 3.63) is 22.4 Å². The van der Waals surface area contributed by atoms with Crippen LogP contribution < -0.4 is 16.0 Å². The van der Waals surface area contributed by atoms with Gasteiger partial charge in [0, 0.05) is 36.5 Å². The molecule has 5 nitrogen and oxygen atoms in total. The number of amides is 2. The summed E-state index contributed by atoms with van der Waals surface area (Å²) in [6.07, 6.45) is 1.08. The average molecular weight is 334 g/mol. The molecule has 120 valence electrons. The van der Waals surface area contributed by atoms with E-state index in [4.69, 9.17) is 0 Å². The fraction of sp³-hybridized carbons (Fsp3) is 0.571. The van der Waals surface area contributed by atoms with E-state index in [9.17, 15) is 9.59 Å². The van der Waals surface area contributed by atoms with E-state index in [1.165, 1.54) is 11.3 Å². The van der Waals surface area contributed by atoms with Crippen LogP contribution in [-0.4, -0.2) is 37.5 Å². The molecule has 1 aromatic heterocycles. The fourth-order valence-electron chi connectivity index (χ4n) is 1.72. The number of nitrogens with one attached hydrogen (secondary N) is 3. The normalized spacial score (nSPS) is 11.3. The predicted octanol–water partition coefficient (Wildman–Crippen LogP) is 1.79. The molecule has 0 saturated carbocycles. The number of carbonyl (C=O) groups excluding carboxylic acids is 2. The van der Waals surface area contributed by atoms with Crippen LogP contribution in [0.2, 0.25) is 0 Å². The van der Waals surface area contributed by atoms with Gasteiger partial charge >= 0.3 is 0 Å². The van der Waals surface area contributed by atoms with Gasteiger partial charge in [-0.1, -0.05) is 6.92 Å². The quantitative estimate of drug-likeness (QED) is 0.603. The Kier molecular flexibility index (Phi) is 10.9. The van der Waals surface area contributed by atoms with Crippen LogP contribution in [0.5, 0.6) is 0 Å². The van der Waals surface area contributed by atoms with E-state index >= 15 is 0 Å². The maximum atomic E-state index is 11.6. The van der Waals surface area contributed by atoms with Crippen molar-refractivity contribution >= 4 is 35.6 Å². The summed E-state index contributed by atoms with van der Waals surface area (Å²) < 4.78 is 0. The first kappa shape index (κ1) is 19.9. The lowest BCUT2D eigenvalue weighted by Gasteiger charge is -2.13. The molecule has 0 spiro atoms. The Hall–Kier alpha value is -1.11. The second-order valence-electron chi connectivity index (χ2n) is 4.63. The van der Waals surface area contributed by atoms with Crippen LogP contribution in [0.3, 0.4) is 0 Å². The van der Waals surface area contributed by atoms with E-state index in [-0.39, 0.29) is 30.3 Å². The van der Waals surface area contributed by atoms with Crippen LogP contribution in [0.4, 0.5) is 0 Å². The highest BCUT2D eigenvalue weighted by Gasteiger charge is 2.06. The maximum absolute atomic E-state index is 11.6. The highest BCUT2D eigenvalue weighted by Crippen LogP contribution is 2.05. The van der Waals surface area contributed by atoms with Crippen LogP contribution in [0.15, 0.2) is 16.8 Å². The molecule has 0 aliphatic heterocycles. The molecule has 0 unspecified atom stereocenters. The van der Waals surface area contributed by atoms with Crippen LogP contribution in [0.25, 0.3) is 0 Å². The molecule has 1 atom stereocenters. The highest BCUT2D eigenvalue weighted by molar-refractivity contribution is 7.08.